The van der Waals surface area contributed by atoms with Gasteiger partial charge in [-0.2, -0.15) is 4.99 Å². The highest BCUT2D eigenvalue weighted by Crippen LogP contribution is 2.20. The number of aromatic nitrogens is 2. The van der Waals surface area contributed by atoms with Crippen LogP contribution in [0.3, 0.4) is 0 Å². The molecule has 0 bridgehead atoms. The van der Waals surface area contributed by atoms with Crippen molar-refractivity contribution in [2.24, 2.45) is 12.0 Å². The van der Waals surface area contributed by atoms with Crippen molar-refractivity contribution < 1.29 is 9.90 Å². The number of carbonyl (C=O) groups excluding carboxylic acids is 1. The highest BCUT2D eigenvalue weighted by Gasteiger charge is 2.06. The average Bonchev–Trinajstić information content (AvgIpc) is 2.56. The van der Waals surface area contributed by atoms with Crippen LogP contribution < -0.4 is 0 Å². The molecule has 0 aliphatic carbocycles. The SMILES string of the molecule is Cn1c(CO)nc2cc(N=C=O)ccc21. The molecule has 15 heavy (non-hydrogen) atoms. The van der Waals surface area contributed by atoms with E-state index in [9.17, 15) is 4.79 Å². The molecule has 76 valence electrons. The maximum absolute atomic E-state index is 10.1. The van der Waals surface area contributed by atoms with Crippen molar-refractivity contribution in [1.29, 1.82) is 0 Å². The molecular formula is C10H9N3O2. The first-order valence-electron chi connectivity index (χ1n) is 4.40. The lowest BCUT2D eigenvalue weighted by Gasteiger charge is -1.97. The highest BCUT2D eigenvalue weighted by atomic mass is 16.3. The highest BCUT2D eigenvalue weighted by molar-refractivity contribution is 5.79. The Morgan fingerprint density at radius 3 is 3.07 bits per heavy atom. The summed E-state index contributed by atoms with van der Waals surface area (Å²) in [5, 5.41) is 9.02. The van der Waals surface area contributed by atoms with Crippen LogP contribution in [-0.4, -0.2) is 20.7 Å². The Labute approximate surface area is 85.7 Å². The molecule has 5 heteroatoms. The smallest absolute Gasteiger partial charge is 0.240 e. The van der Waals surface area contributed by atoms with Crippen molar-refractivity contribution in [3.63, 3.8) is 0 Å². The Bertz CT molecular complexity index is 553. The van der Waals surface area contributed by atoms with Crippen LogP contribution in [0.1, 0.15) is 5.82 Å². The first-order valence-corrected chi connectivity index (χ1v) is 4.40. The van der Waals surface area contributed by atoms with E-state index in [0.717, 1.165) is 5.52 Å². The van der Waals surface area contributed by atoms with E-state index in [-0.39, 0.29) is 6.61 Å². The number of fused-ring (bicyclic) bond motifs is 1. The molecular weight excluding hydrogens is 194 g/mol. The standard InChI is InChI=1S/C10H9N3O2/c1-13-9-3-2-7(11-6-15)4-8(9)12-10(13)5-14/h2-4,14H,5H2,1H3. The summed E-state index contributed by atoms with van der Waals surface area (Å²) in [7, 11) is 1.82. The van der Waals surface area contributed by atoms with E-state index in [1.807, 2.05) is 7.05 Å². The van der Waals surface area contributed by atoms with Crippen LogP contribution >= 0.6 is 0 Å². The zero-order valence-electron chi connectivity index (χ0n) is 8.14. The molecule has 1 N–H and O–H groups in total. The van der Waals surface area contributed by atoms with Crippen molar-refractivity contribution in [2.75, 3.05) is 0 Å². The molecule has 0 aliphatic heterocycles. The third kappa shape index (κ3) is 1.54. The van der Waals surface area contributed by atoms with Gasteiger partial charge < -0.3 is 9.67 Å². The largest absolute Gasteiger partial charge is 0.388 e. The summed E-state index contributed by atoms with van der Waals surface area (Å²) < 4.78 is 1.80. The minimum atomic E-state index is -0.114. The average molecular weight is 203 g/mol. The number of isocyanates is 1. The van der Waals surface area contributed by atoms with Crippen LogP contribution in [0.2, 0.25) is 0 Å². The third-order valence-electron chi connectivity index (χ3n) is 2.27. The number of aliphatic hydroxyl groups is 1. The second-order valence-electron chi connectivity index (χ2n) is 3.12. The zero-order chi connectivity index (χ0) is 10.8. The second-order valence-corrected chi connectivity index (χ2v) is 3.12. The molecule has 0 aliphatic rings. The van der Waals surface area contributed by atoms with Gasteiger partial charge in [-0.1, -0.05) is 0 Å². The molecule has 1 heterocycles. The molecule has 0 unspecified atom stereocenters. The van der Waals surface area contributed by atoms with E-state index in [1.54, 1.807) is 22.8 Å². The van der Waals surface area contributed by atoms with Gasteiger partial charge in [-0.25, -0.2) is 9.78 Å². The van der Waals surface area contributed by atoms with Crippen LogP contribution in [-0.2, 0) is 18.4 Å². The van der Waals surface area contributed by atoms with Crippen molar-refractivity contribution in [3.8, 4) is 0 Å². The van der Waals surface area contributed by atoms with Gasteiger partial charge in [0.1, 0.15) is 12.4 Å². The van der Waals surface area contributed by atoms with E-state index < -0.39 is 0 Å². The van der Waals surface area contributed by atoms with Gasteiger partial charge in [0.25, 0.3) is 0 Å². The van der Waals surface area contributed by atoms with E-state index in [0.29, 0.717) is 17.0 Å². The fourth-order valence-electron chi connectivity index (χ4n) is 1.50. The third-order valence-corrected chi connectivity index (χ3v) is 2.27. The summed E-state index contributed by atoms with van der Waals surface area (Å²) in [5.41, 5.74) is 2.11. The molecule has 0 fully saturated rings. The molecule has 0 saturated heterocycles. The minimum absolute atomic E-state index is 0.114. The van der Waals surface area contributed by atoms with Gasteiger partial charge in [-0.05, 0) is 18.2 Å². The predicted octanol–water partition coefficient (Wildman–Crippen LogP) is 1.03. The van der Waals surface area contributed by atoms with Gasteiger partial charge in [0.2, 0.25) is 6.08 Å². The van der Waals surface area contributed by atoms with Crippen molar-refractivity contribution in [3.05, 3.63) is 24.0 Å². The summed E-state index contributed by atoms with van der Waals surface area (Å²) >= 11 is 0. The van der Waals surface area contributed by atoms with Crippen molar-refractivity contribution >= 4 is 22.8 Å². The molecule has 1 aromatic carbocycles. The van der Waals surface area contributed by atoms with Crippen LogP contribution in [0.4, 0.5) is 5.69 Å². The number of rotatable bonds is 2. The Morgan fingerprint density at radius 2 is 2.40 bits per heavy atom. The second kappa shape index (κ2) is 3.65. The Kier molecular flexibility index (Phi) is 2.33. The first-order chi connectivity index (χ1) is 7.26. The Balaban J connectivity index is 2.67. The van der Waals surface area contributed by atoms with E-state index in [2.05, 4.69) is 9.98 Å². The van der Waals surface area contributed by atoms with Crippen LogP contribution in [0.5, 0.6) is 0 Å². The number of aliphatic imine (C=N–C) groups is 1. The van der Waals surface area contributed by atoms with E-state index in [4.69, 9.17) is 5.11 Å². The van der Waals surface area contributed by atoms with Gasteiger partial charge in [0.15, 0.2) is 0 Å². The molecule has 5 nitrogen and oxygen atoms in total. The molecule has 2 aromatic rings. The van der Waals surface area contributed by atoms with Crippen LogP contribution in [0.25, 0.3) is 11.0 Å². The van der Waals surface area contributed by atoms with Crippen LogP contribution in [0.15, 0.2) is 23.2 Å². The molecule has 0 amide bonds. The first kappa shape index (κ1) is 9.58. The molecule has 0 saturated carbocycles. The van der Waals surface area contributed by atoms with Gasteiger partial charge in [-0.15, -0.1) is 0 Å². The summed E-state index contributed by atoms with van der Waals surface area (Å²) in [5.74, 6) is 0.581. The lowest BCUT2D eigenvalue weighted by atomic mass is 10.3. The fourth-order valence-corrected chi connectivity index (χ4v) is 1.50. The topological polar surface area (TPSA) is 67.5 Å². The van der Waals surface area contributed by atoms with Gasteiger partial charge >= 0.3 is 0 Å². The summed E-state index contributed by atoms with van der Waals surface area (Å²) in [6.45, 7) is -0.114. The van der Waals surface area contributed by atoms with E-state index in [1.165, 1.54) is 6.08 Å². The number of hydrogen-bond acceptors (Lipinski definition) is 4. The summed E-state index contributed by atoms with van der Waals surface area (Å²) in [4.78, 5) is 17.8. The summed E-state index contributed by atoms with van der Waals surface area (Å²) in [6.07, 6.45) is 1.48. The number of aliphatic hydroxyl groups excluding tert-OH is 1. The van der Waals surface area contributed by atoms with Crippen molar-refractivity contribution in [2.45, 2.75) is 6.61 Å². The van der Waals surface area contributed by atoms with Gasteiger partial charge in [0.05, 0.1) is 16.7 Å². The van der Waals surface area contributed by atoms with E-state index >= 15 is 0 Å². The molecule has 0 spiro atoms. The zero-order valence-corrected chi connectivity index (χ0v) is 8.14. The normalized spacial score (nSPS) is 10.3. The molecule has 1 aromatic heterocycles. The Morgan fingerprint density at radius 1 is 1.60 bits per heavy atom. The van der Waals surface area contributed by atoms with Gasteiger partial charge in [-0.3, -0.25) is 0 Å². The number of benzene rings is 1. The lowest BCUT2D eigenvalue weighted by Crippen LogP contribution is -1.96. The lowest BCUT2D eigenvalue weighted by molar-refractivity contribution is 0.268. The number of hydrogen-bond donors (Lipinski definition) is 1. The van der Waals surface area contributed by atoms with Crippen molar-refractivity contribution in [1.82, 2.24) is 9.55 Å². The van der Waals surface area contributed by atoms with Gasteiger partial charge in [0, 0.05) is 7.05 Å². The Hall–Kier alpha value is -1.97. The minimum Gasteiger partial charge on any atom is -0.388 e. The molecule has 0 radical (unpaired) electrons. The fraction of sp³-hybridized carbons (Fsp3) is 0.200. The monoisotopic (exact) mass is 203 g/mol. The maximum atomic E-state index is 10.1. The maximum Gasteiger partial charge on any atom is 0.240 e. The molecule has 2 rings (SSSR count). The number of imidazole rings is 1. The number of nitrogens with zero attached hydrogens (tertiary/aromatic N) is 3. The van der Waals surface area contributed by atoms with Crippen LogP contribution in [0, 0.1) is 0 Å². The summed E-state index contributed by atoms with van der Waals surface area (Å²) in [6, 6.07) is 5.19. The number of aryl methyl sites for hydroxylation is 1. The predicted molar refractivity (Wildman–Crippen MR) is 54.4 cm³/mol. The quantitative estimate of drug-likeness (QED) is 0.585. The molecule has 0 atom stereocenters.